The van der Waals surface area contributed by atoms with Crippen LogP contribution in [0.15, 0.2) is 78.9 Å². The number of aromatic nitrogens is 2. The predicted molar refractivity (Wildman–Crippen MR) is 134 cm³/mol. The van der Waals surface area contributed by atoms with Crippen molar-refractivity contribution >= 4 is 34.0 Å². The largest absolute Gasteiger partial charge is 0.291 e. The van der Waals surface area contributed by atoms with Crippen LogP contribution in [0, 0.1) is 11.9 Å². The Bertz CT molecular complexity index is 1380. The Morgan fingerprint density at radius 1 is 1.00 bits per heavy atom. The highest BCUT2D eigenvalue weighted by Crippen LogP contribution is 2.45. The van der Waals surface area contributed by atoms with E-state index in [0.717, 1.165) is 35.1 Å². The Morgan fingerprint density at radius 3 is 2.41 bits per heavy atom. The smallest absolute Gasteiger partial charge is 0.257 e. The van der Waals surface area contributed by atoms with E-state index in [1.165, 1.54) is 23.6 Å². The number of nitrogens with zero attached hydrogens (tertiary/aromatic N) is 1. The summed E-state index contributed by atoms with van der Waals surface area (Å²) >= 11 is 0. The van der Waals surface area contributed by atoms with Crippen molar-refractivity contribution in [1.82, 2.24) is 15.6 Å². The minimum Gasteiger partial charge on any atom is -0.291 e. The maximum Gasteiger partial charge on any atom is 0.257 e. The summed E-state index contributed by atoms with van der Waals surface area (Å²) in [7, 11) is 0. The molecular weight excluding hydrogens is 427 g/mol. The fraction of sp³-hybridized carbons (Fsp3) is 0.143. The van der Waals surface area contributed by atoms with Gasteiger partial charge in [-0.25, -0.2) is 5.84 Å². The van der Waals surface area contributed by atoms with Crippen molar-refractivity contribution in [1.29, 1.82) is 0 Å². The molecule has 1 aliphatic carbocycles. The Kier molecular flexibility index (Phi) is 6.06. The van der Waals surface area contributed by atoms with Crippen LogP contribution < -0.4 is 11.3 Å². The lowest BCUT2D eigenvalue weighted by Crippen LogP contribution is -2.27. The van der Waals surface area contributed by atoms with Crippen molar-refractivity contribution in [3.8, 4) is 0 Å². The van der Waals surface area contributed by atoms with Crippen LogP contribution in [0.1, 0.15) is 41.5 Å². The molecule has 1 aromatic heterocycles. The molecule has 0 bridgehead atoms. The number of hydrazine groups is 1. The van der Waals surface area contributed by atoms with Crippen LogP contribution in [0.4, 0.5) is 4.39 Å². The lowest BCUT2D eigenvalue weighted by atomic mass is 9.73. The summed E-state index contributed by atoms with van der Waals surface area (Å²) in [6.07, 6.45) is 6.57. The third kappa shape index (κ3) is 4.28. The van der Waals surface area contributed by atoms with Gasteiger partial charge >= 0.3 is 0 Å². The number of benzene rings is 3. The van der Waals surface area contributed by atoms with E-state index < -0.39 is 5.95 Å². The summed E-state index contributed by atoms with van der Waals surface area (Å²) in [6.45, 7) is 0. The van der Waals surface area contributed by atoms with E-state index >= 15 is 0 Å². The second kappa shape index (κ2) is 9.45. The number of carbonyl (C=O) groups excluding carboxylic acids is 1. The van der Waals surface area contributed by atoms with E-state index in [-0.39, 0.29) is 5.91 Å². The van der Waals surface area contributed by atoms with Crippen LogP contribution in [-0.2, 0) is 4.79 Å². The van der Waals surface area contributed by atoms with Crippen LogP contribution in [-0.4, -0.2) is 16.1 Å². The molecule has 1 amide bonds. The van der Waals surface area contributed by atoms with Crippen molar-refractivity contribution in [2.75, 3.05) is 0 Å². The average Bonchev–Trinajstić information content (AvgIpc) is 3.22. The van der Waals surface area contributed by atoms with E-state index in [1.54, 1.807) is 6.08 Å². The molecule has 0 atom stereocenters. The molecule has 6 heteroatoms. The second-order valence-corrected chi connectivity index (χ2v) is 8.52. The fourth-order valence-corrected chi connectivity index (χ4v) is 4.49. The molecule has 0 aliphatic heterocycles. The number of hydrogen-bond donors (Lipinski definition) is 3. The van der Waals surface area contributed by atoms with Gasteiger partial charge in [-0.3, -0.25) is 15.3 Å². The van der Waals surface area contributed by atoms with Crippen LogP contribution >= 0.6 is 0 Å². The SMILES string of the molecule is NNC(=O)C=Cc1ccc(C(=C(c2ccccc2)C2CCC2)c2ccc3[nH]nc(F)c3c2)cc1. The van der Waals surface area contributed by atoms with Gasteiger partial charge in [-0.2, -0.15) is 4.39 Å². The number of allylic oxidation sites excluding steroid dienone is 1. The maximum absolute atomic E-state index is 14.4. The van der Waals surface area contributed by atoms with Gasteiger partial charge in [-0.1, -0.05) is 67.1 Å². The molecule has 5 nitrogen and oxygen atoms in total. The Balaban J connectivity index is 1.69. The molecule has 0 unspecified atom stereocenters. The lowest BCUT2D eigenvalue weighted by Gasteiger charge is -2.31. The first kappa shape index (κ1) is 21.8. The molecule has 0 radical (unpaired) electrons. The van der Waals surface area contributed by atoms with Gasteiger partial charge in [0, 0.05) is 6.08 Å². The zero-order chi connectivity index (χ0) is 23.5. The number of nitrogens with one attached hydrogen (secondary N) is 2. The number of nitrogens with two attached hydrogens (primary N) is 1. The summed E-state index contributed by atoms with van der Waals surface area (Å²) in [5.74, 6) is 4.73. The Morgan fingerprint density at radius 2 is 1.74 bits per heavy atom. The molecule has 1 fully saturated rings. The minimum absolute atomic E-state index is 0.364. The topological polar surface area (TPSA) is 83.8 Å². The molecule has 0 saturated heterocycles. The normalized spacial score (nSPS) is 14.8. The zero-order valence-electron chi connectivity index (χ0n) is 18.6. The molecule has 5 rings (SSSR count). The van der Waals surface area contributed by atoms with Crippen molar-refractivity contribution in [3.05, 3.63) is 107 Å². The first-order chi connectivity index (χ1) is 16.6. The van der Waals surface area contributed by atoms with Crippen LogP contribution in [0.2, 0.25) is 0 Å². The van der Waals surface area contributed by atoms with Crippen LogP contribution in [0.5, 0.6) is 0 Å². The monoisotopic (exact) mass is 452 g/mol. The van der Waals surface area contributed by atoms with Gasteiger partial charge in [0.05, 0.1) is 10.9 Å². The van der Waals surface area contributed by atoms with Gasteiger partial charge in [0.15, 0.2) is 0 Å². The highest BCUT2D eigenvalue weighted by atomic mass is 19.1. The molecule has 1 aliphatic rings. The quantitative estimate of drug-likeness (QED) is 0.119. The van der Waals surface area contributed by atoms with Crippen molar-refractivity contribution in [3.63, 3.8) is 0 Å². The van der Waals surface area contributed by atoms with Gasteiger partial charge in [-0.15, -0.1) is 5.10 Å². The van der Waals surface area contributed by atoms with Gasteiger partial charge in [0.2, 0.25) is 5.95 Å². The third-order valence-corrected chi connectivity index (χ3v) is 6.44. The van der Waals surface area contributed by atoms with E-state index in [2.05, 4.69) is 39.9 Å². The average molecular weight is 453 g/mol. The Hall–Kier alpha value is -4.03. The molecule has 170 valence electrons. The summed E-state index contributed by atoms with van der Waals surface area (Å²) in [5, 5.41) is 6.95. The number of amides is 1. The van der Waals surface area contributed by atoms with E-state index in [1.807, 2.05) is 48.5 Å². The predicted octanol–water partition coefficient (Wildman–Crippen LogP) is 5.46. The zero-order valence-corrected chi connectivity index (χ0v) is 18.6. The first-order valence-electron chi connectivity index (χ1n) is 11.4. The van der Waals surface area contributed by atoms with Gasteiger partial charge in [0.1, 0.15) is 0 Å². The summed E-state index contributed by atoms with van der Waals surface area (Å²) in [4.78, 5) is 11.4. The van der Waals surface area contributed by atoms with Crippen LogP contribution in [0.3, 0.4) is 0 Å². The van der Waals surface area contributed by atoms with Crippen molar-refractivity contribution in [2.45, 2.75) is 19.3 Å². The number of aromatic amines is 1. The molecule has 1 heterocycles. The molecule has 1 saturated carbocycles. The van der Waals surface area contributed by atoms with Gasteiger partial charge in [0.25, 0.3) is 5.91 Å². The number of fused-ring (bicyclic) bond motifs is 1. The number of H-pyrrole nitrogens is 1. The molecular formula is C28H25FN4O. The minimum atomic E-state index is -0.500. The standard InChI is InChI=1S/C28H25FN4O/c29-28-23-17-22(14-15-24(23)32-33-28)27(21-12-9-18(10-13-21)11-16-25(34)31-30)26(20-7-4-8-20)19-5-2-1-3-6-19/h1-3,5-6,9-17,20H,4,7-8,30H2,(H,31,34)(H,32,33). The fourth-order valence-electron chi connectivity index (χ4n) is 4.49. The number of rotatable bonds is 6. The van der Waals surface area contributed by atoms with E-state index in [9.17, 15) is 9.18 Å². The van der Waals surface area contributed by atoms with Gasteiger partial charge in [-0.05, 0) is 70.4 Å². The second-order valence-electron chi connectivity index (χ2n) is 8.52. The van der Waals surface area contributed by atoms with Crippen LogP contribution in [0.25, 0.3) is 28.1 Å². The maximum atomic E-state index is 14.4. The van der Waals surface area contributed by atoms with E-state index in [4.69, 9.17) is 5.84 Å². The molecule has 4 N–H and O–H groups in total. The number of hydrogen-bond acceptors (Lipinski definition) is 3. The molecule has 0 spiro atoms. The molecule has 34 heavy (non-hydrogen) atoms. The van der Waals surface area contributed by atoms with Crippen molar-refractivity contribution in [2.24, 2.45) is 11.8 Å². The lowest BCUT2D eigenvalue weighted by molar-refractivity contribution is -0.116. The third-order valence-electron chi connectivity index (χ3n) is 6.44. The molecule has 3 aromatic carbocycles. The summed E-state index contributed by atoms with van der Waals surface area (Å²) < 4.78 is 14.4. The first-order valence-corrected chi connectivity index (χ1v) is 11.4. The number of carbonyl (C=O) groups is 1. The number of halogens is 1. The summed E-state index contributed by atoms with van der Waals surface area (Å²) in [6, 6.07) is 24.2. The van der Waals surface area contributed by atoms with E-state index in [0.29, 0.717) is 16.8 Å². The van der Waals surface area contributed by atoms with Crippen molar-refractivity contribution < 1.29 is 9.18 Å². The summed E-state index contributed by atoms with van der Waals surface area (Å²) in [5.41, 5.74) is 9.18. The Labute approximate surface area is 197 Å². The van der Waals surface area contributed by atoms with Gasteiger partial charge < -0.3 is 0 Å². The molecule has 4 aromatic rings. The highest BCUT2D eigenvalue weighted by molar-refractivity contribution is 6.01. The highest BCUT2D eigenvalue weighted by Gasteiger charge is 2.27.